The summed E-state index contributed by atoms with van der Waals surface area (Å²) in [5, 5.41) is 0. The highest BCUT2D eigenvalue weighted by Crippen LogP contribution is 2.18. The van der Waals surface area contributed by atoms with E-state index in [4.69, 9.17) is 10.5 Å². The summed E-state index contributed by atoms with van der Waals surface area (Å²) in [6.07, 6.45) is 1.76. The second kappa shape index (κ2) is 6.42. The second-order valence-corrected chi connectivity index (χ2v) is 4.67. The lowest BCUT2D eigenvalue weighted by atomic mass is 10.1. The molecule has 0 unspecified atom stereocenters. The van der Waals surface area contributed by atoms with Crippen molar-refractivity contribution in [2.75, 3.05) is 12.3 Å². The maximum Gasteiger partial charge on any atom is 0.360 e. The fraction of sp³-hybridized carbons (Fsp3) is 0.692. The highest BCUT2D eigenvalue weighted by molar-refractivity contribution is 5.92. The van der Waals surface area contributed by atoms with Crippen molar-refractivity contribution in [3.63, 3.8) is 0 Å². The fourth-order valence-electron chi connectivity index (χ4n) is 1.77. The average Bonchev–Trinajstić information content (AvgIpc) is 2.63. The maximum atomic E-state index is 11.7. The van der Waals surface area contributed by atoms with Gasteiger partial charge in [-0.2, -0.15) is 0 Å². The molecule has 1 aromatic rings. The number of carbonyl (C=O) groups excluding carboxylic acids is 1. The van der Waals surface area contributed by atoms with E-state index in [2.05, 4.69) is 18.8 Å². The Kier molecular flexibility index (Phi) is 5.19. The van der Waals surface area contributed by atoms with Crippen molar-refractivity contribution in [3.05, 3.63) is 11.5 Å². The molecule has 0 saturated carbocycles. The topological polar surface area (TPSA) is 70.1 Å². The SMILES string of the molecule is CCOC(=O)c1nc(CC)n(CCC(C)C)c1N. The third kappa shape index (κ3) is 3.24. The van der Waals surface area contributed by atoms with Crippen LogP contribution in [-0.4, -0.2) is 22.1 Å². The van der Waals surface area contributed by atoms with E-state index in [1.807, 2.05) is 11.5 Å². The number of nitrogens with zero attached hydrogens (tertiary/aromatic N) is 2. The normalized spacial score (nSPS) is 10.9. The van der Waals surface area contributed by atoms with Gasteiger partial charge in [-0.15, -0.1) is 0 Å². The van der Waals surface area contributed by atoms with Crippen LogP contribution < -0.4 is 5.73 Å². The van der Waals surface area contributed by atoms with Crippen LogP contribution in [0.2, 0.25) is 0 Å². The van der Waals surface area contributed by atoms with Crippen molar-refractivity contribution in [2.24, 2.45) is 5.92 Å². The molecule has 0 spiro atoms. The zero-order valence-electron chi connectivity index (χ0n) is 11.7. The van der Waals surface area contributed by atoms with E-state index in [-0.39, 0.29) is 5.69 Å². The molecule has 0 aliphatic rings. The molecule has 0 atom stereocenters. The van der Waals surface area contributed by atoms with Crippen LogP contribution in [0.25, 0.3) is 0 Å². The van der Waals surface area contributed by atoms with Crippen LogP contribution in [0.3, 0.4) is 0 Å². The molecule has 0 fully saturated rings. The Hall–Kier alpha value is -1.52. The summed E-state index contributed by atoms with van der Waals surface area (Å²) in [7, 11) is 0. The number of aromatic nitrogens is 2. The molecule has 5 nitrogen and oxygen atoms in total. The summed E-state index contributed by atoms with van der Waals surface area (Å²) in [5.74, 6) is 1.41. The average molecular weight is 253 g/mol. The summed E-state index contributed by atoms with van der Waals surface area (Å²) in [6, 6.07) is 0. The number of aryl methyl sites for hydroxylation is 1. The Morgan fingerprint density at radius 2 is 2.11 bits per heavy atom. The first kappa shape index (κ1) is 14.5. The number of nitrogens with two attached hydrogens (primary N) is 1. The summed E-state index contributed by atoms with van der Waals surface area (Å²) >= 11 is 0. The lowest BCUT2D eigenvalue weighted by molar-refractivity contribution is 0.0521. The summed E-state index contributed by atoms with van der Waals surface area (Å²) in [6.45, 7) is 9.21. The summed E-state index contributed by atoms with van der Waals surface area (Å²) < 4.78 is 6.88. The Labute approximate surface area is 108 Å². The van der Waals surface area contributed by atoms with Gasteiger partial charge in [0.25, 0.3) is 0 Å². The van der Waals surface area contributed by atoms with Crippen molar-refractivity contribution >= 4 is 11.8 Å². The van der Waals surface area contributed by atoms with Gasteiger partial charge in [-0.1, -0.05) is 20.8 Å². The van der Waals surface area contributed by atoms with E-state index in [0.29, 0.717) is 18.3 Å². The van der Waals surface area contributed by atoms with Gasteiger partial charge in [0, 0.05) is 13.0 Å². The minimum Gasteiger partial charge on any atom is -0.461 e. The van der Waals surface area contributed by atoms with Crippen molar-refractivity contribution in [3.8, 4) is 0 Å². The third-order valence-electron chi connectivity index (χ3n) is 2.80. The molecule has 1 rings (SSSR count). The van der Waals surface area contributed by atoms with Crippen LogP contribution in [0, 0.1) is 5.92 Å². The molecule has 0 amide bonds. The number of hydrogen-bond acceptors (Lipinski definition) is 4. The molecule has 2 N–H and O–H groups in total. The molecule has 102 valence electrons. The Morgan fingerprint density at radius 3 is 2.61 bits per heavy atom. The third-order valence-corrected chi connectivity index (χ3v) is 2.80. The lowest BCUT2D eigenvalue weighted by Crippen LogP contribution is -2.11. The Morgan fingerprint density at radius 1 is 1.44 bits per heavy atom. The lowest BCUT2D eigenvalue weighted by Gasteiger charge is -2.10. The van der Waals surface area contributed by atoms with Crippen LogP contribution in [-0.2, 0) is 17.7 Å². The molecular weight excluding hydrogens is 230 g/mol. The standard InChI is InChI=1S/C13H23N3O2/c1-5-10-15-11(13(17)18-6-2)12(14)16(10)8-7-9(3)4/h9H,5-8,14H2,1-4H3. The van der Waals surface area contributed by atoms with Crippen molar-refractivity contribution in [1.29, 1.82) is 0 Å². The number of esters is 1. The van der Waals surface area contributed by atoms with Gasteiger partial charge in [-0.25, -0.2) is 9.78 Å². The van der Waals surface area contributed by atoms with Crippen LogP contribution in [0.1, 0.15) is 50.4 Å². The van der Waals surface area contributed by atoms with Gasteiger partial charge in [-0.05, 0) is 19.3 Å². The van der Waals surface area contributed by atoms with Crippen molar-refractivity contribution in [1.82, 2.24) is 9.55 Å². The number of imidazole rings is 1. The molecule has 1 aromatic heterocycles. The van der Waals surface area contributed by atoms with E-state index < -0.39 is 5.97 Å². The smallest absolute Gasteiger partial charge is 0.360 e. The van der Waals surface area contributed by atoms with Gasteiger partial charge < -0.3 is 15.0 Å². The van der Waals surface area contributed by atoms with Gasteiger partial charge >= 0.3 is 5.97 Å². The number of hydrogen-bond donors (Lipinski definition) is 1. The van der Waals surface area contributed by atoms with Crippen molar-refractivity contribution in [2.45, 2.75) is 47.1 Å². The monoisotopic (exact) mass is 253 g/mol. The molecule has 0 saturated heterocycles. The van der Waals surface area contributed by atoms with E-state index in [9.17, 15) is 4.79 Å². The van der Waals surface area contributed by atoms with Crippen LogP contribution >= 0.6 is 0 Å². The van der Waals surface area contributed by atoms with Gasteiger partial charge in [0.05, 0.1) is 6.61 Å². The molecule has 18 heavy (non-hydrogen) atoms. The first-order valence-electron chi connectivity index (χ1n) is 6.53. The molecule has 0 aliphatic carbocycles. The van der Waals surface area contributed by atoms with Crippen LogP contribution in [0.15, 0.2) is 0 Å². The molecule has 0 aromatic carbocycles. The van der Waals surface area contributed by atoms with Crippen LogP contribution in [0.5, 0.6) is 0 Å². The second-order valence-electron chi connectivity index (χ2n) is 4.67. The maximum absolute atomic E-state index is 11.7. The molecule has 1 heterocycles. The molecular formula is C13H23N3O2. The number of rotatable bonds is 6. The predicted octanol–water partition coefficient (Wildman–Crippen LogP) is 2.25. The molecule has 0 radical (unpaired) electrons. The van der Waals surface area contributed by atoms with E-state index in [0.717, 1.165) is 25.2 Å². The number of nitrogen functional groups attached to an aromatic ring is 1. The van der Waals surface area contributed by atoms with E-state index >= 15 is 0 Å². The fourth-order valence-corrected chi connectivity index (χ4v) is 1.77. The highest BCUT2D eigenvalue weighted by Gasteiger charge is 2.20. The molecule has 0 bridgehead atoms. The zero-order chi connectivity index (χ0) is 13.7. The van der Waals surface area contributed by atoms with Crippen LogP contribution in [0.4, 0.5) is 5.82 Å². The van der Waals surface area contributed by atoms with Gasteiger partial charge in [0.2, 0.25) is 0 Å². The minimum absolute atomic E-state index is 0.248. The quantitative estimate of drug-likeness (QED) is 0.789. The Balaban J connectivity index is 2.98. The Bertz CT molecular complexity index is 411. The highest BCUT2D eigenvalue weighted by atomic mass is 16.5. The first-order chi connectivity index (χ1) is 8.51. The summed E-state index contributed by atoms with van der Waals surface area (Å²) in [5.41, 5.74) is 6.24. The summed E-state index contributed by atoms with van der Waals surface area (Å²) in [4.78, 5) is 16.0. The zero-order valence-corrected chi connectivity index (χ0v) is 11.7. The largest absolute Gasteiger partial charge is 0.461 e. The number of ether oxygens (including phenoxy) is 1. The van der Waals surface area contributed by atoms with Crippen molar-refractivity contribution < 1.29 is 9.53 Å². The van der Waals surface area contributed by atoms with Gasteiger partial charge in [-0.3, -0.25) is 0 Å². The predicted molar refractivity (Wildman–Crippen MR) is 71.4 cm³/mol. The number of anilines is 1. The van der Waals surface area contributed by atoms with E-state index in [1.54, 1.807) is 6.92 Å². The van der Waals surface area contributed by atoms with Gasteiger partial charge in [0.15, 0.2) is 5.69 Å². The molecule has 5 heteroatoms. The first-order valence-corrected chi connectivity index (χ1v) is 6.53. The van der Waals surface area contributed by atoms with E-state index in [1.165, 1.54) is 0 Å². The molecule has 0 aliphatic heterocycles. The number of carbonyl (C=O) groups is 1. The van der Waals surface area contributed by atoms with Gasteiger partial charge in [0.1, 0.15) is 11.6 Å². The minimum atomic E-state index is -0.437.